The number of rotatable bonds is 4. The highest BCUT2D eigenvalue weighted by Crippen LogP contribution is 2.24. The Bertz CT molecular complexity index is 630. The maximum Gasteiger partial charge on any atom is 0.124 e. The van der Waals surface area contributed by atoms with Crippen LogP contribution in [0.15, 0.2) is 22.7 Å². The second-order valence-electron chi connectivity index (χ2n) is 4.77. The molecule has 0 bridgehead atoms. The molecule has 2 rings (SSSR count). The number of halogens is 3. The summed E-state index contributed by atoms with van der Waals surface area (Å²) in [7, 11) is 1.84. The van der Waals surface area contributed by atoms with Crippen molar-refractivity contribution < 1.29 is 9.50 Å². The van der Waals surface area contributed by atoms with Crippen molar-refractivity contribution in [3.8, 4) is 0 Å². The Kier molecular flexibility index (Phi) is 4.83. The van der Waals surface area contributed by atoms with Crippen LogP contribution in [0.25, 0.3) is 0 Å². The van der Waals surface area contributed by atoms with Crippen molar-refractivity contribution in [2.45, 2.75) is 25.9 Å². The van der Waals surface area contributed by atoms with Crippen LogP contribution in [0, 0.1) is 12.7 Å². The largest absolute Gasteiger partial charge is 0.392 e. The van der Waals surface area contributed by atoms with Crippen LogP contribution >= 0.6 is 27.5 Å². The van der Waals surface area contributed by atoms with Gasteiger partial charge in [-0.3, -0.25) is 4.68 Å². The molecule has 1 heterocycles. The number of aryl methyl sites for hydroxylation is 2. The molecule has 0 aliphatic carbocycles. The second kappa shape index (κ2) is 6.24. The molecule has 0 radical (unpaired) electrons. The minimum Gasteiger partial charge on any atom is -0.392 e. The minimum atomic E-state index is -0.607. The van der Waals surface area contributed by atoms with E-state index >= 15 is 0 Å². The molecule has 0 saturated heterocycles. The number of aliphatic hydroxyl groups excluding tert-OH is 1. The first kappa shape index (κ1) is 15.5. The summed E-state index contributed by atoms with van der Waals surface area (Å²) in [6.45, 7) is 1.90. The molecule has 0 aliphatic rings. The van der Waals surface area contributed by atoms with Crippen LogP contribution in [-0.4, -0.2) is 21.0 Å². The smallest absolute Gasteiger partial charge is 0.124 e. The van der Waals surface area contributed by atoms with Gasteiger partial charge in [0.15, 0.2) is 0 Å². The van der Waals surface area contributed by atoms with Crippen LogP contribution in [0.2, 0.25) is 5.02 Å². The highest BCUT2D eigenvalue weighted by Gasteiger charge is 2.16. The number of hydrogen-bond donors (Lipinski definition) is 1. The Morgan fingerprint density at radius 2 is 2.15 bits per heavy atom. The standard InChI is InChI=1S/C14H15BrClFN2O/c1-8-14(15)13(19(2)18-8)7-11(20)5-9-3-4-10(17)6-12(9)16/h3-4,6,11,20H,5,7H2,1-2H3. The van der Waals surface area contributed by atoms with Crippen LogP contribution in [0.4, 0.5) is 4.39 Å². The molecule has 20 heavy (non-hydrogen) atoms. The van der Waals surface area contributed by atoms with Crippen LogP contribution in [0.3, 0.4) is 0 Å². The summed E-state index contributed by atoms with van der Waals surface area (Å²) >= 11 is 9.43. The van der Waals surface area contributed by atoms with Gasteiger partial charge in [0, 0.05) is 24.9 Å². The van der Waals surface area contributed by atoms with Gasteiger partial charge in [0.2, 0.25) is 0 Å². The summed E-state index contributed by atoms with van der Waals surface area (Å²) in [5.41, 5.74) is 2.54. The van der Waals surface area contributed by atoms with Crippen LogP contribution < -0.4 is 0 Å². The van der Waals surface area contributed by atoms with E-state index in [0.29, 0.717) is 17.9 Å². The summed E-state index contributed by atoms with van der Waals surface area (Å²) in [5, 5.41) is 14.8. The molecule has 0 amide bonds. The zero-order valence-electron chi connectivity index (χ0n) is 11.2. The Balaban J connectivity index is 2.11. The lowest BCUT2D eigenvalue weighted by Crippen LogP contribution is -2.16. The Morgan fingerprint density at radius 3 is 2.70 bits per heavy atom. The van der Waals surface area contributed by atoms with Gasteiger partial charge in [0.05, 0.1) is 22.0 Å². The van der Waals surface area contributed by atoms with E-state index in [1.165, 1.54) is 12.1 Å². The minimum absolute atomic E-state index is 0.337. The fourth-order valence-electron chi connectivity index (χ4n) is 2.14. The van der Waals surface area contributed by atoms with E-state index in [0.717, 1.165) is 21.4 Å². The van der Waals surface area contributed by atoms with E-state index in [9.17, 15) is 9.50 Å². The summed E-state index contributed by atoms with van der Waals surface area (Å²) in [5.74, 6) is -0.377. The maximum atomic E-state index is 13.0. The molecule has 0 aliphatic heterocycles. The quantitative estimate of drug-likeness (QED) is 0.906. The van der Waals surface area contributed by atoms with Gasteiger partial charge < -0.3 is 5.11 Å². The first-order valence-corrected chi connectivity index (χ1v) is 7.35. The number of nitrogens with zero attached hydrogens (tertiary/aromatic N) is 2. The van der Waals surface area contributed by atoms with Crippen molar-refractivity contribution in [1.82, 2.24) is 9.78 Å². The molecule has 3 nitrogen and oxygen atoms in total. The summed E-state index contributed by atoms with van der Waals surface area (Å²) < 4.78 is 15.6. The van der Waals surface area contributed by atoms with Crippen LogP contribution in [0.5, 0.6) is 0 Å². The fraction of sp³-hybridized carbons (Fsp3) is 0.357. The van der Waals surface area contributed by atoms with Gasteiger partial charge in [-0.15, -0.1) is 0 Å². The highest BCUT2D eigenvalue weighted by atomic mass is 79.9. The third-order valence-electron chi connectivity index (χ3n) is 3.16. The lowest BCUT2D eigenvalue weighted by molar-refractivity contribution is 0.172. The van der Waals surface area contributed by atoms with Crippen molar-refractivity contribution in [2.24, 2.45) is 7.05 Å². The van der Waals surface area contributed by atoms with E-state index in [1.54, 1.807) is 10.7 Å². The number of benzene rings is 1. The monoisotopic (exact) mass is 360 g/mol. The fourth-order valence-corrected chi connectivity index (χ4v) is 2.88. The lowest BCUT2D eigenvalue weighted by atomic mass is 10.0. The van der Waals surface area contributed by atoms with Gasteiger partial charge >= 0.3 is 0 Å². The Hall–Kier alpha value is -0.910. The molecule has 6 heteroatoms. The molecule has 1 N–H and O–H groups in total. The maximum absolute atomic E-state index is 13.0. The molecule has 0 spiro atoms. The molecule has 108 valence electrons. The van der Waals surface area contributed by atoms with Crippen molar-refractivity contribution in [1.29, 1.82) is 0 Å². The van der Waals surface area contributed by atoms with Gasteiger partial charge in [0.25, 0.3) is 0 Å². The first-order valence-electron chi connectivity index (χ1n) is 6.18. The molecule has 0 fully saturated rings. The van der Waals surface area contributed by atoms with E-state index in [2.05, 4.69) is 21.0 Å². The zero-order valence-corrected chi connectivity index (χ0v) is 13.5. The zero-order chi connectivity index (χ0) is 14.9. The van der Waals surface area contributed by atoms with Gasteiger partial charge in [-0.2, -0.15) is 5.10 Å². The van der Waals surface area contributed by atoms with E-state index in [-0.39, 0.29) is 5.82 Å². The SMILES string of the molecule is Cc1nn(C)c(CC(O)Cc2ccc(F)cc2Cl)c1Br. The van der Waals surface area contributed by atoms with Crippen molar-refractivity contribution in [3.05, 3.63) is 50.5 Å². The predicted octanol–water partition coefficient (Wildman–Crippen LogP) is 3.43. The third kappa shape index (κ3) is 3.40. The average molecular weight is 362 g/mol. The van der Waals surface area contributed by atoms with E-state index in [4.69, 9.17) is 11.6 Å². The van der Waals surface area contributed by atoms with Crippen molar-refractivity contribution in [3.63, 3.8) is 0 Å². The molecule has 1 aromatic heterocycles. The topological polar surface area (TPSA) is 38.0 Å². The van der Waals surface area contributed by atoms with Gasteiger partial charge in [-0.05, 0) is 40.5 Å². The summed E-state index contributed by atoms with van der Waals surface area (Å²) in [6, 6.07) is 4.20. The van der Waals surface area contributed by atoms with Gasteiger partial charge in [-0.1, -0.05) is 17.7 Å². The molecular formula is C14H15BrClFN2O. The third-order valence-corrected chi connectivity index (χ3v) is 4.54. The summed E-state index contributed by atoms with van der Waals surface area (Å²) in [6.07, 6.45) is 0.213. The average Bonchev–Trinajstić information content (AvgIpc) is 2.60. The van der Waals surface area contributed by atoms with Crippen LogP contribution in [-0.2, 0) is 19.9 Å². The van der Waals surface area contributed by atoms with Crippen molar-refractivity contribution in [2.75, 3.05) is 0 Å². The molecule has 1 atom stereocenters. The van der Waals surface area contributed by atoms with Crippen molar-refractivity contribution >= 4 is 27.5 Å². The Morgan fingerprint density at radius 1 is 1.45 bits per heavy atom. The molecule has 0 saturated carbocycles. The van der Waals surface area contributed by atoms with Gasteiger partial charge in [-0.25, -0.2) is 4.39 Å². The van der Waals surface area contributed by atoms with E-state index in [1.807, 2.05) is 14.0 Å². The first-order chi connectivity index (χ1) is 9.38. The number of aromatic nitrogens is 2. The highest BCUT2D eigenvalue weighted by molar-refractivity contribution is 9.10. The number of aliphatic hydroxyl groups is 1. The van der Waals surface area contributed by atoms with Crippen LogP contribution in [0.1, 0.15) is 17.0 Å². The molecular weight excluding hydrogens is 347 g/mol. The molecule has 1 aromatic carbocycles. The molecule has 2 aromatic rings. The second-order valence-corrected chi connectivity index (χ2v) is 5.97. The molecule has 1 unspecified atom stereocenters. The normalized spacial score (nSPS) is 12.7. The number of hydrogen-bond acceptors (Lipinski definition) is 2. The summed E-state index contributed by atoms with van der Waals surface area (Å²) in [4.78, 5) is 0. The Labute approximate surface area is 130 Å². The predicted molar refractivity (Wildman–Crippen MR) is 80.5 cm³/mol. The van der Waals surface area contributed by atoms with Gasteiger partial charge in [0.1, 0.15) is 5.82 Å². The van der Waals surface area contributed by atoms with E-state index < -0.39 is 6.10 Å². The lowest BCUT2D eigenvalue weighted by Gasteiger charge is -2.12.